The van der Waals surface area contributed by atoms with E-state index in [1.54, 1.807) is 0 Å². The van der Waals surface area contributed by atoms with Crippen molar-refractivity contribution in [1.29, 1.82) is 5.26 Å². The summed E-state index contributed by atoms with van der Waals surface area (Å²) in [6, 6.07) is 3.11. The molecule has 0 amide bonds. The molecule has 2 rings (SSSR count). The number of hydrogen-bond donors (Lipinski definition) is 0. The minimum Gasteiger partial charge on any atom is -0.304 e. The molecule has 17 heavy (non-hydrogen) atoms. The van der Waals surface area contributed by atoms with E-state index in [-0.39, 0.29) is 0 Å². The predicted molar refractivity (Wildman–Crippen MR) is 69.7 cm³/mol. The van der Waals surface area contributed by atoms with Crippen molar-refractivity contribution in [2.75, 3.05) is 33.2 Å². The highest BCUT2D eigenvalue weighted by molar-refractivity contribution is 5.01. The first-order chi connectivity index (χ1) is 8.19. The monoisotopic (exact) mass is 235 g/mol. The highest BCUT2D eigenvalue weighted by Crippen LogP contribution is 2.48. The van der Waals surface area contributed by atoms with E-state index in [0.717, 1.165) is 19.0 Å². The van der Waals surface area contributed by atoms with E-state index in [4.69, 9.17) is 5.26 Å². The molecule has 0 bridgehead atoms. The minimum absolute atomic E-state index is 0.360. The summed E-state index contributed by atoms with van der Waals surface area (Å²) in [7, 11) is 2.23. The van der Waals surface area contributed by atoms with Crippen LogP contribution in [0.2, 0.25) is 0 Å². The molecule has 1 aliphatic heterocycles. The van der Waals surface area contributed by atoms with Crippen molar-refractivity contribution in [2.45, 2.75) is 45.1 Å². The third-order valence-electron chi connectivity index (χ3n) is 4.44. The van der Waals surface area contributed by atoms with Crippen LogP contribution in [0.5, 0.6) is 0 Å². The molecule has 0 aromatic rings. The molecule has 0 spiro atoms. The molecule has 1 saturated heterocycles. The van der Waals surface area contributed by atoms with Gasteiger partial charge in [-0.3, -0.25) is 4.90 Å². The van der Waals surface area contributed by atoms with Gasteiger partial charge in [-0.05, 0) is 51.2 Å². The zero-order valence-corrected chi connectivity index (χ0v) is 11.3. The van der Waals surface area contributed by atoms with Gasteiger partial charge < -0.3 is 4.90 Å². The number of nitrogens with zero attached hydrogens (tertiary/aromatic N) is 3. The largest absolute Gasteiger partial charge is 0.304 e. The molecule has 1 heterocycles. The Morgan fingerprint density at radius 2 is 2.24 bits per heavy atom. The minimum atomic E-state index is 0.360. The number of rotatable bonds is 6. The average Bonchev–Trinajstić information content (AvgIpc) is 2.89. The Kier molecular flexibility index (Phi) is 4.06. The van der Waals surface area contributed by atoms with Gasteiger partial charge in [-0.1, -0.05) is 6.92 Å². The van der Waals surface area contributed by atoms with Gasteiger partial charge in [-0.2, -0.15) is 5.26 Å². The summed E-state index contributed by atoms with van der Waals surface area (Å²) in [5, 5.41) is 8.84. The van der Waals surface area contributed by atoms with E-state index in [1.165, 1.54) is 45.3 Å². The van der Waals surface area contributed by atoms with Gasteiger partial charge in [0, 0.05) is 25.6 Å². The highest BCUT2D eigenvalue weighted by Gasteiger charge is 2.43. The molecule has 3 heteroatoms. The van der Waals surface area contributed by atoms with Crippen LogP contribution in [0.25, 0.3) is 0 Å². The summed E-state index contributed by atoms with van der Waals surface area (Å²) in [6.45, 7) is 7.02. The molecule has 2 fully saturated rings. The quantitative estimate of drug-likeness (QED) is 0.706. The second-order valence-corrected chi connectivity index (χ2v) is 5.96. The maximum absolute atomic E-state index is 8.84. The number of hydrogen-bond acceptors (Lipinski definition) is 3. The van der Waals surface area contributed by atoms with E-state index < -0.39 is 0 Å². The molecule has 1 saturated carbocycles. The number of likely N-dealkylation sites (tertiary alicyclic amines) is 1. The fourth-order valence-electron chi connectivity index (χ4n) is 3.25. The van der Waals surface area contributed by atoms with Crippen LogP contribution in [0.15, 0.2) is 0 Å². The Bertz CT molecular complexity index is 290. The van der Waals surface area contributed by atoms with Crippen LogP contribution in [-0.2, 0) is 0 Å². The van der Waals surface area contributed by atoms with Gasteiger partial charge in [0.1, 0.15) is 0 Å². The van der Waals surface area contributed by atoms with Crippen molar-refractivity contribution >= 4 is 0 Å². The first kappa shape index (κ1) is 12.9. The van der Waals surface area contributed by atoms with Gasteiger partial charge in [0.2, 0.25) is 0 Å². The maximum atomic E-state index is 8.84. The summed E-state index contributed by atoms with van der Waals surface area (Å²) >= 11 is 0. The Hall–Kier alpha value is -0.590. The molecular weight excluding hydrogens is 210 g/mol. The zero-order valence-electron chi connectivity index (χ0n) is 11.3. The van der Waals surface area contributed by atoms with E-state index in [9.17, 15) is 0 Å². The predicted octanol–water partition coefficient (Wildman–Crippen LogP) is 2.10. The summed E-state index contributed by atoms with van der Waals surface area (Å²) < 4.78 is 0. The standard InChI is InChI=1S/C14H25N3/c1-3-17-10-4-5-13(17)11-16(2)12-14(6-7-14)8-9-15/h13H,3-8,10-12H2,1-2H3. The Morgan fingerprint density at radius 3 is 2.82 bits per heavy atom. The van der Waals surface area contributed by atoms with Crippen LogP contribution in [0, 0.1) is 16.7 Å². The Labute approximate surface area is 105 Å². The molecule has 1 atom stereocenters. The molecule has 0 aromatic heterocycles. The lowest BCUT2D eigenvalue weighted by Gasteiger charge is -2.29. The lowest BCUT2D eigenvalue weighted by Crippen LogP contribution is -2.40. The summed E-state index contributed by atoms with van der Waals surface area (Å²) in [5.74, 6) is 0. The van der Waals surface area contributed by atoms with Crippen molar-refractivity contribution in [2.24, 2.45) is 5.41 Å². The smallest absolute Gasteiger partial charge is 0.0628 e. The topological polar surface area (TPSA) is 30.3 Å². The van der Waals surface area contributed by atoms with Gasteiger partial charge in [-0.15, -0.1) is 0 Å². The van der Waals surface area contributed by atoms with Crippen molar-refractivity contribution in [3.8, 4) is 6.07 Å². The molecular formula is C14H25N3. The van der Waals surface area contributed by atoms with E-state index >= 15 is 0 Å². The van der Waals surface area contributed by atoms with Crippen LogP contribution in [0.1, 0.15) is 39.0 Å². The van der Waals surface area contributed by atoms with E-state index in [1.807, 2.05) is 0 Å². The molecule has 0 aromatic carbocycles. The van der Waals surface area contributed by atoms with Gasteiger partial charge >= 0.3 is 0 Å². The Morgan fingerprint density at radius 1 is 1.47 bits per heavy atom. The molecule has 0 N–H and O–H groups in total. The van der Waals surface area contributed by atoms with Crippen LogP contribution >= 0.6 is 0 Å². The van der Waals surface area contributed by atoms with Crippen molar-refractivity contribution in [3.05, 3.63) is 0 Å². The van der Waals surface area contributed by atoms with Crippen molar-refractivity contribution in [3.63, 3.8) is 0 Å². The molecule has 2 aliphatic rings. The molecule has 3 nitrogen and oxygen atoms in total. The maximum Gasteiger partial charge on any atom is 0.0628 e. The normalized spacial score (nSPS) is 27.3. The number of likely N-dealkylation sites (N-methyl/N-ethyl adjacent to an activating group) is 2. The molecule has 1 aliphatic carbocycles. The highest BCUT2D eigenvalue weighted by atomic mass is 15.2. The second-order valence-electron chi connectivity index (χ2n) is 5.96. The molecule has 1 unspecified atom stereocenters. The SMILES string of the molecule is CCN1CCCC1CN(C)CC1(CC#N)CC1. The second kappa shape index (κ2) is 5.37. The zero-order chi connectivity index (χ0) is 12.3. The lowest BCUT2D eigenvalue weighted by molar-refractivity contribution is 0.178. The van der Waals surface area contributed by atoms with Crippen LogP contribution in [0.4, 0.5) is 0 Å². The third-order valence-corrected chi connectivity index (χ3v) is 4.44. The average molecular weight is 235 g/mol. The van der Waals surface area contributed by atoms with Gasteiger partial charge in [0.25, 0.3) is 0 Å². The lowest BCUT2D eigenvalue weighted by atomic mass is 10.0. The van der Waals surface area contributed by atoms with Gasteiger partial charge in [-0.25, -0.2) is 0 Å². The fourth-order valence-corrected chi connectivity index (χ4v) is 3.25. The summed E-state index contributed by atoms with van der Waals surface area (Å²) in [6.07, 6.45) is 5.97. The van der Waals surface area contributed by atoms with Crippen LogP contribution < -0.4 is 0 Å². The van der Waals surface area contributed by atoms with Crippen LogP contribution in [0.3, 0.4) is 0 Å². The number of nitriles is 1. The fraction of sp³-hybridized carbons (Fsp3) is 0.929. The van der Waals surface area contributed by atoms with Crippen molar-refractivity contribution in [1.82, 2.24) is 9.80 Å². The van der Waals surface area contributed by atoms with E-state index in [0.29, 0.717) is 5.41 Å². The first-order valence-electron chi connectivity index (χ1n) is 6.99. The summed E-state index contributed by atoms with van der Waals surface area (Å²) in [4.78, 5) is 5.06. The third kappa shape index (κ3) is 3.20. The molecule has 0 radical (unpaired) electrons. The molecule has 96 valence electrons. The van der Waals surface area contributed by atoms with E-state index in [2.05, 4.69) is 29.8 Å². The first-order valence-corrected chi connectivity index (χ1v) is 6.99. The van der Waals surface area contributed by atoms with Crippen LogP contribution in [-0.4, -0.2) is 49.1 Å². The Balaban J connectivity index is 1.77. The summed E-state index contributed by atoms with van der Waals surface area (Å²) in [5.41, 5.74) is 0.360. The van der Waals surface area contributed by atoms with Gasteiger partial charge in [0.05, 0.1) is 6.07 Å². The van der Waals surface area contributed by atoms with Crippen molar-refractivity contribution < 1.29 is 0 Å². The van der Waals surface area contributed by atoms with Gasteiger partial charge in [0.15, 0.2) is 0 Å².